The van der Waals surface area contributed by atoms with E-state index >= 15 is 0 Å². The van der Waals surface area contributed by atoms with E-state index in [-0.39, 0.29) is 30.3 Å². The van der Waals surface area contributed by atoms with Gasteiger partial charge in [-0.25, -0.2) is 4.39 Å². The van der Waals surface area contributed by atoms with Crippen LogP contribution in [0.25, 0.3) is 0 Å². The maximum absolute atomic E-state index is 14.0. The molecule has 0 aliphatic heterocycles. The van der Waals surface area contributed by atoms with Gasteiger partial charge in [0.1, 0.15) is 11.9 Å². The van der Waals surface area contributed by atoms with Gasteiger partial charge in [-0.05, 0) is 42.7 Å². The Balaban J connectivity index is 2.26. The third-order valence-corrected chi connectivity index (χ3v) is 5.09. The third-order valence-electron chi connectivity index (χ3n) is 4.35. The molecule has 7 heteroatoms. The van der Waals surface area contributed by atoms with Crippen LogP contribution in [-0.4, -0.2) is 29.3 Å². The normalized spacial score (nSPS) is 11.8. The van der Waals surface area contributed by atoms with Crippen molar-refractivity contribution in [2.45, 2.75) is 39.3 Å². The molecule has 0 aromatic heterocycles. The molecule has 1 N–H and O–H groups in total. The molecule has 0 aliphatic rings. The van der Waals surface area contributed by atoms with Crippen LogP contribution >= 0.6 is 23.2 Å². The van der Waals surface area contributed by atoms with Crippen molar-refractivity contribution in [3.05, 3.63) is 69.5 Å². The third kappa shape index (κ3) is 5.94. The zero-order chi connectivity index (χ0) is 20.7. The standard InChI is InChI=1S/C21H23Cl2FN2O2/c1-3-10-25-21(28)14(2)26(13-15-8-9-17(22)18(23)11-15)20(27)12-16-6-4-5-7-19(16)24/h4-9,11,14H,3,10,12-13H2,1-2H3,(H,25,28). The average Bonchev–Trinajstić information content (AvgIpc) is 2.68. The lowest BCUT2D eigenvalue weighted by Gasteiger charge is -2.29. The lowest BCUT2D eigenvalue weighted by atomic mass is 10.1. The Morgan fingerprint density at radius 1 is 1.14 bits per heavy atom. The molecule has 1 atom stereocenters. The summed E-state index contributed by atoms with van der Waals surface area (Å²) in [4.78, 5) is 26.8. The van der Waals surface area contributed by atoms with Crippen molar-refractivity contribution in [2.75, 3.05) is 6.54 Å². The van der Waals surface area contributed by atoms with Crippen LogP contribution in [0.2, 0.25) is 10.0 Å². The number of hydrogen-bond donors (Lipinski definition) is 1. The van der Waals surface area contributed by atoms with Crippen LogP contribution in [0, 0.1) is 5.82 Å². The van der Waals surface area contributed by atoms with E-state index < -0.39 is 11.9 Å². The van der Waals surface area contributed by atoms with Crippen LogP contribution in [-0.2, 0) is 22.6 Å². The van der Waals surface area contributed by atoms with Gasteiger partial charge in [-0.2, -0.15) is 0 Å². The van der Waals surface area contributed by atoms with Crippen LogP contribution in [0.5, 0.6) is 0 Å². The number of hydrogen-bond acceptors (Lipinski definition) is 2. The van der Waals surface area contributed by atoms with Gasteiger partial charge in [-0.15, -0.1) is 0 Å². The predicted octanol–water partition coefficient (Wildman–Crippen LogP) is 4.62. The second kappa shape index (κ2) is 10.4. The second-order valence-electron chi connectivity index (χ2n) is 6.51. The molecule has 0 spiro atoms. The first-order valence-electron chi connectivity index (χ1n) is 9.08. The Labute approximate surface area is 174 Å². The lowest BCUT2D eigenvalue weighted by Crippen LogP contribution is -2.48. The fourth-order valence-electron chi connectivity index (χ4n) is 2.72. The molecule has 0 bridgehead atoms. The highest BCUT2D eigenvalue weighted by molar-refractivity contribution is 6.42. The highest BCUT2D eigenvalue weighted by atomic mass is 35.5. The molecule has 0 saturated carbocycles. The van der Waals surface area contributed by atoms with Gasteiger partial charge in [0.15, 0.2) is 0 Å². The first kappa shape index (κ1) is 22.2. The van der Waals surface area contributed by atoms with Crippen LogP contribution < -0.4 is 5.32 Å². The van der Waals surface area contributed by atoms with E-state index in [1.54, 1.807) is 43.3 Å². The Morgan fingerprint density at radius 2 is 1.86 bits per heavy atom. The molecule has 4 nitrogen and oxygen atoms in total. The Morgan fingerprint density at radius 3 is 2.50 bits per heavy atom. The van der Waals surface area contributed by atoms with Crippen LogP contribution in [0.3, 0.4) is 0 Å². The first-order chi connectivity index (χ1) is 13.3. The minimum Gasteiger partial charge on any atom is -0.354 e. The van der Waals surface area contributed by atoms with Crippen LogP contribution in [0.15, 0.2) is 42.5 Å². The van der Waals surface area contributed by atoms with Gasteiger partial charge in [0, 0.05) is 13.1 Å². The second-order valence-corrected chi connectivity index (χ2v) is 7.32. The predicted molar refractivity (Wildman–Crippen MR) is 110 cm³/mol. The van der Waals surface area contributed by atoms with Crippen molar-refractivity contribution in [1.29, 1.82) is 0 Å². The van der Waals surface area contributed by atoms with Crippen LogP contribution in [0.4, 0.5) is 4.39 Å². The highest BCUT2D eigenvalue weighted by Gasteiger charge is 2.26. The molecule has 0 fully saturated rings. The monoisotopic (exact) mass is 424 g/mol. The van der Waals surface area contributed by atoms with Gasteiger partial charge < -0.3 is 10.2 Å². The van der Waals surface area contributed by atoms with Crippen molar-refractivity contribution < 1.29 is 14.0 Å². The van der Waals surface area contributed by atoms with Gasteiger partial charge in [0.2, 0.25) is 11.8 Å². The number of rotatable bonds is 8. The summed E-state index contributed by atoms with van der Waals surface area (Å²) in [6, 6.07) is 10.4. The van der Waals surface area contributed by atoms with Crippen molar-refractivity contribution >= 4 is 35.0 Å². The number of nitrogens with one attached hydrogen (secondary N) is 1. The number of nitrogens with zero attached hydrogens (tertiary/aromatic N) is 1. The van der Waals surface area contributed by atoms with Crippen molar-refractivity contribution in [1.82, 2.24) is 10.2 Å². The largest absolute Gasteiger partial charge is 0.354 e. The fourth-order valence-corrected chi connectivity index (χ4v) is 3.04. The van der Waals surface area contributed by atoms with E-state index in [2.05, 4.69) is 5.32 Å². The summed E-state index contributed by atoms with van der Waals surface area (Å²) in [6.07, 6.45) is 0.647. The summed E-state index contributed by atoms with van der Waals surface area (Å²) in [6.45, 7) is 4.28. The number of halogens is 3. The van der Waals surface area contributed by atoms with Gasteiger partial charge >= 0.3 is 0 Å². The summed E-state index contributed by atoms with van der Waals surface area (Å²) >= 11 is 12.0. The van der Waals surface area contributed by atoms with Crippen molar-refractivity contribution in [3.63, 3.8) is 0 Å². The van der Waals surface area contributed by atoms with Gasteiger partial charge in [0.05, 0.1) is 16.5 Å². The molecule has 28 heavy (non-hydrogen) atoms. The number of benzene rings is 2. The molecule has 2 amide bonds. The van der Waals surface area contributed by atoms with E-state index in [9.17, 15) is 14.0 Å². The van der Waals surface area contributed by atoms with Crippen molar-refractivity contribution in [3.8, 4) is 0 Å². The summed E-state index contributed by atoms with van der Waals surface area (Å²) in [7, 11) is 0. The fraction of sp³-hybridized carbons (Fsp3) is 0.333. The zero-order valence-electron chi connectivity index (χ0n) is 15.8. The topological polar surface area (TPSA) is 49.4 Å². The first-order valence-corrected chi connectivity index (χ1v) is 9.83. The molecule has 0 radical (unpaired) electrons. The summed E-state index contributed by atoms with van der Waals surface area (Å²) < 4.78 is 14.0. The SMILES string of the molecule is CCCNC(=O)C(C)N(Cc1ccc(Cl)c(Cl)c1)C(=O)Cc1ccccc1F. The number of amides is 2. The van der Waals surface area contributed by atoms with E-state index in [0.29, 0.717) is 16.6 Å². The average molecular weight is 425 g/mol. The molecular weight excluding hydrogens is 402 g/mol. The number of carbonyl (C=O) groups is 2. The molecule has 1 unspecified atom stereocenters. The number of carbonyl (C=O) groups excluding carboxylic acids is 2. The molecule has 2 aromatic carbocycles. The maximum Gasteiger partial charge on any atom is 0.242 e. The minimum atomic E-state index is -0.722. The zero-order valence-corrected chi connectivity index (χ0v) is 17.4. The van der Waals surface area contributed by atoms with Gasteiger partial charge in [0.25, 0.3) is 0 Å². The molecule has 2 aromatic rings. The molecule has 2 rings (SSSR count). The molecule has 0 aliphatic carbocycles. The minimum absolute atomic E-state index is 0.139. The highest BCUT2D eigenvalue weighted by Crippen LogP contribution is 2.24. The summed E-state index contributed by atoms with van der Waals surface area (Å²) in [5, 5.41) is 3.57. The summed E-state index contributed by atoms with van der Waals surface area (Å²) in [5.41, 5.74) is 1.01. The summed E-state index contributed by atoms with van der Waals surface area (Å²) in [5.74, 6) is -1.06. The van der Waals surface area contributed by atoms with Crippen LogP contribution in [0.1, 0.15) is 31.4 Å². The smallest absolute Gasteiger partial charge is 0.242 e. The molecule has 0 saturated heterocycles. The maximum atomic E-state index is 14.0. The Kier molecular flexibility index (Phi) is 8.27. The van der Waals surface area contributed by atoms with Gasteiger partial charge in [-0.1, -0.05) is 54.4 Å². The van der Waals surface area contributed by atoms with E-state index in [1.807, 2.05) is 6.92 Å². The molecular formula is C21H23Cl2FN2O2. The molecule has 0 heterocycles. The van der Waals surface area contributed by atoms with E-state index in [1.165, 1.54) is 11.0 Å². The lowest BCUT2D eigenvalue weighted by molar-refractivity contribution is -0.140. The molecule has 150 valence electrons. The Hall–Kier alpha value is -2.11. The Bertz CT molecular complexity index is 845. The van der Waals surface area contributed by atoms with Gasteiger partial charge in [-0.3, -0.25) is 9.59 Å². The van der Waals surface area contributed by atoms with E-state index in [0.717, 1.165) is 12.0 Å². The quantitative estimate of drug-likeness (QED) is 0.671. The van der Waals surface area contributed by atoms with Crippen molar-refractivity contribution in [2.24, 2.45) is 0 Å². The van der Waals surface area contributed by atoms with E-state index in [4.69, 9.17) is 23.2 Å².